The van der Waals surface area contributed by atoms with E-state index in [1.807, 2.05) is 11.1 Å². The van der Waals surface area contributed by atoms with Gasteiger partial charge in [-0.3, -0.25) is 4.79 Å². The lowest BCUT2D eigenvalue weighted by Gasteiger charge is -2.36. The summed E-state index contributed by atoms with van der Waals surface area (Å²) in [6.45, 7) is 5.06. The van der Waals surface area contributed by atoms with Crippen LogP contribution in [0.1, 0.15) is 32.0 Å². The highest BCUT2D eigenvalue weighted by atomic mass is 79.9. The maximum absolute atomic E-state index is 12.7. The number of hydrogen-bond donors (Lipinski definition) is 0. The van der Waals surface area contributed by atoms with Crippen LogP contribution >= 0.6 is 15.9 Å². The monoisotopic (exact) mass is 341 g/mol. The molecule has 0 spiro atoms. The number of ether oxygens (including phenoxy) is 1. The van der Waals surface area contributed by atoms with Crippen molar-refractivity contribution in [2.24, 2.45) is 5.92 Å². The molecule has 1 aromatic heterocycles. The molecule has 5 nitrogen and oxygen atoms in total. The van der Waals surface area contributed by atoms with Gasteiger partial charge in [0.15, 0.2) is 0 Å². The molecule has 6 heteroatoms. The average molecular weight is 342 g/mol. The highest BCUT2D eigenvalue weighted by Crippen LogP contribution is 2.27. The van der Waals surface area contributed by atoms with E-state index in [2.05, 4.69) is 32.4 Å². The molecule has 1 aromatic rings. The van der Waals surface area contributed by atoms with Crippen LogP contribution in [0, 0.1) is 5.92 Å². The molecular formula is C14H20BrN3O2. The summed E-state index contributed by atoms with van der Waals surface area (Å²) in [6, 6.07) is 0. The molecule has 0 N–H and O–H groups in total. The van der Waals surface area contributed by atoms with Gasteiger partial charge in [0.2, 0.25) is 5.91 Å². The summed E-state index contributed by atoms with van der Waals surface area (Å²) in [5, 5.41) is 0. The van der Waals surface area contributed by atoms with Gasteiger partial charge < -0.3 is 14.2 Å². The molecule has 3 heterocycles. The van der Waals surface area contributed by atoms with Gasteiger partial charge in [-0.25, -0.2) is 4.98 Å². The molecule has 1 amide bonds. The van der Waals surface area contributed by atoms with Crippen molar-refractivity contribution in [2.75, 3.05) is 13.2 Å². The maximum atomic E-state index is 12.7. The average Bonchev–Trinajstić information content (AvgIpc) is 2.87. The number of rotatable bonds is 2. The first-order chi connectivity index (χ1) is 9.70. The number of imidazole rings is 1. The first-order valence-electron chi connectivity index (χ1n) is 7.31. The van der Waals surface area contributed by atoms with Gasteiger partial charge in [0.25, 0.3) is 0 Å². The summed E-state index contributed by atoms with van der Waals surface area (Å²) in [5.74, 6) is 1.22. The molecule has 0 aromatic carbocycles. The predicted octanol–water partition coefficient (Wildman–Crippen LogP) is 2.19. The zero-order chi connectivity index (χ0) is 14.1. The minimum Gasteiger partial charge on any atom is -0.377 e. The summed E-state index contributed by atoms with van der Waals surface area (Å²) in [4.78, 5) is 19.0. The number of hydrogen-bond acceptors (Lipinski definition) is 3. The fourth-order valence-corrected chi connectivity index (χ4v) is 3.65. The van der Waals surface area contributed by atoms with Gasteiger partial charge in [0, 0.05) is 19.7 Å². The second-order valence-electron chi connectivity index (χ2n) is 5.47. The van der Waals surface area contributed by atoms with Gasteiger partial charge in [-0.1, -0.05) is 6.92 Å². The summed E-state index contributed by atoms with van der Waals surface area (Å²) in [7, 11) is 0. The van der Waals surface area contributed by atoms with E-state index in [-0.39, 0.29) is 17.9 Å². The number of aromatic nitrogens is 2. The Kier molecular flexibility index (Phi) is 4.12. The van der Waals surface area contributed by atoms with Crippen LogP contribution in [-0.4, -0.2) is 39.6 Å². The van der Waals surface area contributed by atoms with Crippen molar-refractivity contribution in [1.82, 2.24) is 14.5 Å². The first-order valence-corrected chi connectivity index (χ1v) is 8.10. The SMILES string of the molecule is CC[C@H]1OCCC[C@H]1C(=O)N1CCn2c(Br)cnc2C1. The maximum Gasteiger partial charge on any atom is 0.228 e. The largest absolute Gasteiger partial charge is 0.377 e. The number of amides is 1. The van der Waals surface area contributed by atoms with Crippen LogP contribution in [0.4, 0.5) is 0 Å². The number of carbonyl (C=O) groups excluding carboxylic acids is 1. The molecule has 2 atom stereocenters. The second-order valence-corrected chi connectivity index (χ2v) is 6.29. The fourth-order valence-electron chi connectivity index (χ4n) is 3.17. The predicted molar refractivity (Wildman–Crippen MR) is 78.1 cm³/mol. The Labute approximate surface area is 127 Å². The zero-order valence-corrected chi connectivity index (χ0v) is 13.3. The Hall–Kier alpha value is -0.880. The topological polar surface area (TPSA) is 47.4 Å². The molecule has 2 aliphatic heterocycles. The van der Waals surface area contributed by atoms with E-state index in [4.69, 9.17) is 4.74 Å². The fraction of sp³-hybridized carbons (Fsp3) is 0.714. The van der Waals surface area contributed by atoms with Crippen LogP contribution in [-0.2, 0) is 22.6 Å². The van der Waals surface area contributed by atoms with E-state index in [0.29, 0.717) is 6.54 Å². The van der Waals surface area contributed by atoms with E-state index in [1.54, 1.807) is 0 Å². The normalized spacial score (nSPS) is 26.4. The minimum atomic E-state index is 0.0266. The summed E-state index contributed by atoms with van der Waals surface area (Å²) in [5.41, 5.74) is 0. The van der Waals surface area contributed by atoms with E-state index < -0.39 is 0 Å². The number of carbonyl (C=O) groups is 1. The lowest BCUT2D eigenvalue weighted by Crippen LogP contribution is -2.46. The Morgan fingerprint density at radius 1 is 1.55 bits per heavy atom. The van der Waals surface area contributed by atoms with Crippen molar-refractivity contribution in [3.05, 3.63) is 16.6 Å². The molecule has 1 fully saturated rings. The van der Waals surface area contributed by atoms with E-state index in [9.17, 15) is 4.79 Å². The molecular weight excluding hydrogens is 322 g/mol. The molecule has 0 bridgehead atoms. The quantitative estimate of drug-likeness (QED) is 0.828. The highest BCUT2D eigenvalue weighted by molar-refractivity contribution is 9.10. The molecule has 110 valence electrons. The van der Waals surface area contributed by atoms with Crippen molar-refractivity contribution in [3.63, 3.8) is 0 Å². The molecule has 0 radical (unpaired) electrons. The first kappa shape index (κ1) is 14.1. The van der Waals surface area contributed by atoms with Gasteiger partial charge in [-0.15, -0.1) is 0 Å². The van der Waals surface area contributed by atoms with Gasteiger partial charge in [0.05, 0.1) is 24.8 Å². The molecule has 2 aliphatic rings. The summed E-state index contributed by atoms with van der Waals surface area (Å²) >= 11 is 3.48. The minimum absolute atomic E-state index is 0.0266. The van der Waals surface area contributed by atoms with E-state index >= 15 is 0 Å². The lowest BCUT2D eigenvalue weighted by molar-refractivity contribution is -0.146. The van der Waals surface area contributed by atoms with E-state index in [0.717, 1.165) is 49.4 Å². The van der Waals surface area contributed by atoms with Crippen LogP contribution in [0.2, 0.25) is 0 Å². The van der Waals surface area contributed by atoms with Gasteiger partial charge >= 0.3 is 0 Å². The smallest absolute Gasteiger partial charge is 0.228 e. The van der Waals surface area contributed by atoms with Crippen molar-refractivity contribution >= 4 is 21.8 Å². The molecule has 1 saturated heterocycles. The lowest BCUT2D eigenvalue weighted by atomic mass is 9.91. The zero-order valence-electron chi connectivity index (χ0n) is 11.7. The number of halogens is 1. The third-order valence-corrected chi connectivity index (χ3v) is 4.92. The molecule has 0 saturated carbocycles. The van der Waals surface area contributed by atoms with Crippen molar-refractivity contribution < 1.29 is 9.53 Å². The Morgan fingerprint density at radius 2 is 2.40 bits per heavy atom. The van der Waals surface area contributed by atoms with Crippen LogP contribution in [0.3, 0.4) is 0 Å². The highest BCUT2D eigenvalue weighted by Gasteiger charge is 2.35. The van der Waals surface area contributed by atoms with Crippen molar-refractivity contribution in [1.29, 1.82) is 0 Å². The number of nitrogens with zero attached hydrogens (tertiary/aromatic N) is 3. The number of fused-ring (bicyclic) bond motifs is 1. The second kappa shape index (κ2) is 5.85. The van der Waals surface area contributed by atoms with Crippen LogP contribution in [0.15, 0.2) is 10.8 Å². The standard InChI is InChI=1S/C14H20BrN3O2/c1-2-11-10(4-3-7-20-11)14(19)17-5-6-18-12(15)8-16-13(18)9-17/h8,10-11H,2-7,9H2,1H3/t10-,11-/m1/s1. The summed E-state index contributed by atoms with van der Waals surface area (Å²) < 4.78 is 8.87. The molecule has 20 heavy (non-hydrogen) atoms. The van der Waals surface area contributed by atoms with Gasteiger partial charge in [-0.2, -0.15) is 0 Å². The Bertz CT molecular complexity index is 503. The van der Waals surface area contributed by atoms with E-state index in [1.165, 1.54) is 0 Å². The van der Waals surface area contributed by atoms with Gasteiger partial charge in [0.1, 0.15) is 10.4 Å². The third-order valence-electron chi connectivity index (χ3n) is 4.29. The Morgan fingerprint density at radius 3 is 3.20 bits per heavy atom. The van der Waals surface area contributed by atoms with Crippen LogP contribution in [0.5, 0.6) is 0 Å². The van der Waals surface area contributed by atoms with Crippen LogP contribution < -0.4 is 0 Å². The van der Waals surface area contributed by atoms with Gasteiger partial charge in [-0.05, 0) is 35.2 Å². The van der Waals surface area contributed by atoms with Crippen molar-refractivity contribution in [2.45, 2.75) is 45.4 Å². The van der Waals surface area contributed by atoms with Crippen LogP contribution in [0.25, 0.3) is 0 Å². The molecule has 3 rings (SSSR count). The van der Waals surface area contributed by atoms with Crippen molar-refractivity contribution in [3.8, 4) is 0 Å². The molecule has 0 unspecified atom stereocenters. The third kappa shape index (κ3) is 2.51. The Balaban J connectivity index is 1.72. The molecule has 0 aliphatic carbocycles. The summed E-state index contributed by atoms with van der Waals surface area (Å²) in [6.07, 6.45) is 4.74.